The van der Waals surface area contributed by atoms with Crippen LogP contribution in [0.15, 0.2) is 18.2 Å². The van der Waals surface area contributed by atoms with Crippen molar-refractivity contribution in [3.8, 4) is 5.75 Å². The monoisotopic (exact) mass is 278 g/mol. The van der Waals surface area contributed by atoms with Gasteiger partial charge in [-0.3, -0.25) is 10.1 Å². The Bertz CT molecular complexity index is 449. The summed E-state index contributed by atoms with van der Waals surface area (Å²) in [6.45, 7) is 0.775. The van der Waals surface area contributed by atoms with Gasteiger partial charge >= 0.3 is 11.9 Å². The molecule has 0 saturated heterocycles. The van der Waals surface area contributed by atoms with E-state index in [4.69, 9.17) is 0 Å². The lowest BCUT2D eigenvalue weighted by molar-refractivity contribution is -0.385. The van der Waals surface area contributed by atoms with Gasteiger partial charge in [-0.25, -0.2) is 0 Å². The number of nitrogens with zero attached hydrogens (tertiary/aromatic N) is 1. The Morgan fingerprint density at radius 1 is 1.42 bits per heavy atom. The van der Waals surface area contributed by atoms with Crippen LogP contribution in [0.3, 0.4) is 0 Å². The molecule has 0 fully saturated rings. The number of benzene rings is 1. The summed E-state index contributed by atoms with van der Waals surface area (Å²) in [4.78, 5) is 10.2. The molecule has 0 heterocycles. The molecular formula is C11H13F3N2O3. The lowest BCUT2D eigenvalue weighted by Crippen LogP contribution is -2.19. The first-order valence-corrected chi connectivity index (χ1v) is 5.56. The number of ether oxygens (including phenoxy) is 1. The number of alkyl halides is 3. The highest BCUT2D eigenvalue weighted by molar-refractivity contribution is 5.68. The highest BCUT2D eigenvalue weighted by atomic mass is 19.4. The molecule has 1 aromatic carbocycles. The van der Waals surface area contributed by atoms with Crippen LogP contribution in [0.4, 0.5) is 24.5 Å². The van der Waals surface area contributed by atoms with Crippen molar-refractivity contribution < 1.29 is 22.8 Å². The molecule has 0 aliphatic heterocycles. The molecule has 1 N–H and O–H groups in total. The second kappa shape index (κ2) is 6.26. The lowest BCUT2D eigenvalue weighted by atomic mass is 10.2. The molecule has 8 heteroatoms. The minimum atomic E-state index is -4.54. The Kier molecular flexibility index (Phi) is 4.96. The maximum atomic E-state index is 12.1. The second-order valence-corrected chi connectivity index (χ2v) is 3.74. The van der Waals surface area contributed by atoms with Crippen LogP contribution >= 0.6 is 0 Å². The van der Waals surface area contributed by atoms with Crippen molar-refractivity contribution in [1.29, 1.82) is 0 Å². The fraction of sp³-hybridized carbons (Fsp3) is 0.455. The summed E-state index contributed by atoms with van der Waals surface area (Å²) in [5.41, 5.74) is -0.341. The third kappa shape index (κ3) is 4.65. The Labute approximate surface area is 107 Å². The molecule has 0 bridgehead atoms. The lowest BCUT2D eigenvalue weighted by Gasteiger charge is -2.12. The zero-order valence-electron chi connectivity index (χ0n) is 10.2. The van der Waals surface area contributed by atoms with E-state index >= 15 is 0 Å². The van der Waals surface area contributed by atoms with Crippen LogP contribution in [-0.4, -0.2) is 24.3 Å². The van der Waals surface area contributed by atoms with Gasteiger partial charge in [0.1, 0.15) is 5.69 Å². The molecule has 0 amide bonds. The normalized spacial score (nSPS) is 11.2. The standard InChI is InChI=1S/C11H13F3N2O3/c1-2-6-15-8-4-3-5-9(10(8)16(17)18)19-7-11(12,13)14/h3-5,15H,2,6-7H2,1H3. The SMILES string of the molecule is CCCNc1cccc(OCC(F)(F)F)c1[N+](=O)[O-]. The van der Waals surface area contributed by atoms with Crippen molar-refractivity contribution >= 4 is 11.4 Å². The molecule has 0 aliphatic rings. The van der Waals surface area contributed by atoms with Crippen LogP contribution < -0.4 is 10.1 Å². The average molecular weight is 278 g/mol. The number of nitrogens with one attached hydrogen (secondary N) is 1. The molecule has 0 atom stereocenters. The summed E-state index contributed by atoms with van der Waals surface area (Å²) in [7, 11) is 0. The van der Waals surface area contributed by atoms with Crippen LogP contribution in [0, 0.1) is 10.1 Å². The van der Waals surface area contributed by atoms with Crippen molar-refractivity contribution in [1.82, 2.24) is 0 Å². The molecule has 1 aromatic rings. The molecular weight excluding hydrogens is 265 g/mol. The number of hydrogen-bond acceptors (Lipinski definition) is 4. The summed E-state index contributed by atoms with van der Waals surface area (Å²) in [5, 5.41) is 13.7. The molecule has 0 aliphatic carbocycles. The maximum Gasteiger partial charge on any atom is 0.422 e. The van der Waals surface area contributed by atoms with E-state index in [0.717, 1.165) is 12.5 Å². The Morgan fingerprint density at radius 2 is 2.11 bits per heavy atom. The van der Waals surface area contributed by atoms with E-state index in [1.54, 1.807) is 0 Å². The number of nitro benzene ring substituents is 1. The van der Waals surface area contributed by atoms with E-state index in [1.807, 2.05) is 6.92 Å². The molecule has 0 spiro atoms. The fourth-order valence-electron chi connectivity index (χ4n) is 1.39. The summed E-state index contributed by atoms with van der Waals surface area (Å²) in [6.07, 6.45) is -3.81. The van der Waals surface area contributed by atoms with E-state index in [1.165, 1.54) is 12.1 Å². The van der Waals surface area contributed by atoms with Gasteiger partial charge in [-0.15, -0.1) is 0 Å². The van der Waals surface area contributed by atoms with E-state index in [-0.39, 0.29) is 5.69 Å². The van der Waals surface area contributed by atoms with Gasteiger partial charge in [0, 0.05) is 6.54 Å². The van der Waals surface area contributed by atoms with Crippen molar-refractivity contribution in [2.24, 2.45) is 0 Å². The number of nitro groups is 1. The maximum absolute atomic E-state index is 12.1. The third-order valence-corrected chi connectivity index (χ3v) is 2.14. The molecule has 0 radical (unpaired) electrons. The first-order valence-electron chi connectivity index (χ1n) is 5.56. The minimum Gasteiger partial charge on any atom is -0.477 e. The first-order chi connectivity index (χ1) is 8.85. The fourth-order valence-corrected chi connectivity index (χ4v) is 1.39. The zero-order valence-corrected chi connectivity index (χ0v) is 10.2. The Balaban J connectivity index is 2.99. The van der Waals surface area contributed by atoms with E-state index in [0.29, 0.717) is 6.54 Å². The quantitative estimate of drug-likeness (QED) is 0.640. The van der Waals surface area contributed by atoms with Crippen molar-refractivity contribution in [2.45, 2.75) is 19.5 Å². The molecule has 0 saturated carbocycles. The van der Waals surface area contributed by atoms with Crippen LogP contribution in [0.2, 0.25) is 0 Å². The molecule has 1 rings (SSSR count). The number of hydrogen-bond donors (Lipinski definition) is 1. The van der Waals surface area contributed by atoms with Gasteiger partial charge in [-0.2, -0.15) is 13.2 Å². The van der Waals surface area contributed by atoms with Gasteiger partial charge in [-0.05, 0) is 18.6 Å². The van der Waals surface area contributed by atoms with Crippen molar-refractivity contribution in [3.05, 3.63) is 28.3 Å². The number of para-hydroxylation sites is 1. The highest BCUT2D eigenvalue weighted by Crippen LogP contribution is 2.35. The highest BCUT2D eigenvalue weighted by Gasteiger charge is 2.30. The number of rotatable bonds is 6. The van der Waals surface area contributed by atoms with Crippen LogP contribution in [0.25, 0.3) is 0 Å². The summed E-state index contributed by atoms with van der Waals surface area (Å²) < 4.78 is 40.7. The first kappa shape index (κ1) is 15.1. The van der Waals surface area contributed by atoms with E-state index in [2.05, 4.69) is 10.1 Å². The summed E-state index contributed by atoms with van der Waals surface area (Å²) in [5.74, 6) is -0.400. The summed E-state index contributed by atoms with van der Waals surface area (Å²) in [6, 6.07) is 3.96. The second-order valence-electron chi connectivity index (χ2n) is 3.74. The van der Waals surface area contributed by atoms with E-state index < -0.39 is 29.1 Å². The molecule has 5 nitrogen and oxygen atoms in total. The smallest absolute Gasteiger partial charge is 0.422 e. The minimum absolute atomic E-state index is 0.145. The molecule has 0 aromatic heterocycles. The topological polar surface area (TPSA) is 64.4 Å². The van der Waals surface area contributed by atoms with Crippen LogP contribution in [0.5, 0.6) is 5.75 Å². The number of anilines is 1. The molecule has 106 valence electrons. The molecule has 0 unspecified atom stereocenters. The van der Waals surface area contributed by atoms with Gasteiger partial charge in [-0.1, -0.05) is 13.0 Å². The average Bonchev–Trinajstić information content (AvgIpc) is 2.32. The van der Waals surface area contributed by atoms with E-state index in [9.17, 15) is 23.3 Å². The molecule has 19 heavy (non-hydrogen) atoms. The zero-order chi connectivity index (χ0) is 14.5. The predicted octanol–water partition coefficient (Wildman–Crippen LogP) is 3.36. The third-order valence-electron chi connectivity index (χ3n) is 2.14. The number of halogens is 3. The van der Waals surface area contributed by atoms with Gasteiger partial charge in [0.05, 0.1) is 4.92 Å². The van der Waals surface area contributed by atoms with Gasteiger partial charge in [0.15, 0.2) is 12.4 Å². The van der Waals surface area contributed by atoms with Crippen LogP contribution in [-0.2, 0) is 0 Å². The van der Waals surface area contributed by atoms with Crippen molar-refractivity contribution in [2.75, 3.05) is 18.5 Å². The largest absolute Gasteiger partial charge is 0.477 e. The Hall–Kier alpha value is -1.99. The van der Waals surface area contributed by atoms with Gasteiger partial charge < -0.3 is 10.1 Å². The Morgan fingerprint density at radius 3 is 2.63 bits per heavy atom. The van der Waals surface area contributed by atoms with Gasteiger partial charge in [0.25, 0.3) is 0 Å². The van der Waals surface area contributed by atoms with Gasteiger partial charge in [0.2, 0.25) is 0 Å². The summed E-state index contributed by atoms with van der Waals surface area (Å²) >= 11 is 0. The van der Waals surface area contributed by atoms with Crippen molar-refractivity contribution in [3.63, 3.8) is 0 Å². The predicted molar refractivity (Wildman–Crippen MR) is 63.4 cm³/mol. The van der Waals surface area contributed by atoms with Crippen LogP contribution in [0.1, 0.15) is 13.3 Å².